The van der Waals surface area contributed by atoms with Gasteiger partial charge >= 0.3 is 0 Å². The summed E-state index contributed by atoms with van der Waals surface area (Å²) in [6.45, 7) is 3.78. The van der Waals surface area contributed by atoms with Crippen molar-refractivity contribution >= 4 is 33.5 Å². The molecule has 1 fully saturated rings. The Morgan fingerprint density at radius 3 is 3.00 bits per heavy atom. The molecule has 1 aliphatic rings. The molecule has 0 aliphatic carbocycles. The molecule has 20 heavy (non-hydrogen) atoms. The number of piperazine rings is 1. The fourth-order valence-corrected chi connectivity index (χ4v) is 4.23. The first-order valence-corrected chi connectivity index (χ1v) is 7.69. The van der Waals surface area contributed by atoms with E-state index >= 15 is 0 Å². The van der Waals surface area contributed by atoms with Crippen LogP contribution in [-0.4, -0.2) is 48.4 Å². The maximum absolute atomic E-state index is 12.7. The molecule has 1 unspecified atom stereocenters. The number of aromatic amines is 1. The molecule has 3 rings (SSSR count). The van der Waals surface area contributed by atoms with Crippen LogP contribution in [0.5, 0.6) is 0 Å². The fraction of sp³-hybridized carbons (Fsp3) is 0.417. The third-order valence-corrected chi connectivity index (χ3v) is 5.49. The van der Waals surface area contributed by atoms with E-state index < -0.39 is 10.0 Å². The maximum Gasteiger partial charge on any atom is 0.245 e. The van der Waals surface area contributed by atoms with Gasteiger partial charge in [-0.05, 0) is 19.1 Å². The summed E-state index contributed by atoms with van der Waals surface area (Å²) >= 11 is 0. The summed E-state index contributed by atoms with van der Waals surface area (Å²) in [6.07, 6.45) is 3.17. The molecule has 1 aliphatic heterocycles. The second kappa shape index (κ2) is 5.69. The van der Waals surface area contributed by atoms with Crippen molar-refractivity contribution in [2.75, 3.05) is 19.6 Å². The van der Waals surface area contributed by atoms with E-state index in [-0.39, 0.29) is 18.4 Å². The van der Waals surface area contributed by atoms with Crippen LogP contribution in [0.1, 0.15) is 6.92 Å². The summed E-state index contributed by atoms with van der Waals surface area (Å²) in [5.74, 6) is 0. The number of halogens is 1. The van der Waals surface area contributed by atoms with Crippen molar-refractivity contribution in [3.8, 4) is 0 Å². The standard InChI is InChI=1S/C12H16N4O2S.ClH/c1-9-7-13-5-6-16(9)19(17,18)11-8-15-12-10(11)3-2-4-14-12;/h2-4,8-9,13H,5-7H2,1H3,(H,14,15);1H. The van der Waals surface area contributed by atoms with E-state index in [1.165, 1.54) is 6.20 Å². The Bertz CT molecular complexity index is 700. The van der Waals surface area contributed by atoms with Crippen LogP contribution in [0.4, 0.5) is 0 Å². The second-order valence-corrected chi connectivity index (χ2v) is 6.58. The summed E-state index contributed by atoms with van der Waals surface area (Å²) in [5, 5.41) is 3.84. The number of hydrogen-bond acceptors (Lipinski definition) is 4. The van der Waals surface area contributed by atoms with Gasteiger partial charge in [0, 0.05) is 43.5 Å². The largest absolute Gasteiger partial charge is 0.345 e. The minimum absolute atomic E-state index is 0. The van der Waals surface area contributed by atoms with Crippen LogP contribution in [0.3, 0.4) is 0 Å². The van der Waals surface area contributed by atoms with Crippen molar-refractivity contribution in [1.29, 1.82) is 0 Å². The number of aromatic nitrogens is 2. The Morgan fingerprint density at radius 2 is 2.25 bits per heavy atom. The number of sulfonamides is 1. The molecule has 0 radical (unpaired) electrons. The van der Waals surface area contributed by atoms with Crippen molar-refractivity contribution in [2.24, 2.45) is 0 Å². The summed E-state index contributed by atoms with van der Waals surface area (Å²) in [7, 11) is -3.47. The van der Waals surface area contributed by atoms with Crippen LogP contribution in [0.2, 0.25) is 0 Å². The SMILES string of the molecule is CC1CNCCN1S(=O)(=O)c1c[nH]c2ncccc12.Cl. The van der Waals surface area contributed by atoms with Gasteiger partial charge in [0.2, 0.25) is 10.0 Å². The van der Waals surface area contributed by atoms with Gasteiger partial charge in [-0.3, -0.25) is 0 Å². The summed E-state index contributed by atoms with van der Waals surface area (Å²) in [5.41, 5.74) is 0.601. The van der Waals surface area contributed by atoms with Gasteiger partial charge in [-0.15, -0.1) is 12.4 Å². The zero-order valence-electron chi connectivity index (χ0n) is 11.0. The number of nitrogens with one attached hydrogen (secondary N) is 2. The number of rotatable bonds is 2. The van der Waals surface area contributed by atoms with Crippen molar-refractivity contribution in [1.82, 2.24) is 19.6 Å². The molecule has 0 amide bonds. The van der Waals surface area contributed by atoms with E-state index in [1.807, 2.05) is 6.92 Å². The molecular formula is C12H17ClN4O2S. The highest BCUT2D eigenvalue weighted by atomic mass is 35.5. The molecule has 1 atom stereocenters. The Kier molecular flexibility index (Phi) is 4.33. The first kappa shape index (κ1) is 15.2. The predicted molar refractivity (Wildman–Crippen MR) is 79.6 cm³/mol. The lowest BCUT2D eigenvalue weighted by molar-refractivity contribution is 0.284. The average Bonchev–Trinajstić information content (AvgIpc) is 2.83. The van der Waals surface area contributed by atoms with Gasteiger partial charge in [-0.1, -0.05) is 0 Å². The van der Waals surface area contributed by atoms with E-state index in [2.05, 4.69) is 15.3 Å². The molecular weight excluding hydrogens is 300 g/mol. The number of H-pyrrole nitrogens is 1. The average molecular weight is 317 g/mol. The summed E-state index contributed by atoms with van der Waals surface area (Å²) in [4.78, 5) is 7.35. The first-order chi connectivity index (χ1) is 9.10. The van der Waals surface area contributed by atoms with Gasteiger partial charge in [0.15, 0.2) is 0 Å². The van der Waals surface area contributed by atoms with E-state index in [0.29, 0.717) is 35.6 Å². The minimum atomic E-state index is -3.47. The van der Waals surface area contributed by atoms with Crippen LogP contribution in [0.15, 0.2) is 29.4 Å². The van der Waals surface area contributed by atoms with Gasteiger partial charge in [0.05, 0.1) is 0 Å². The molecule has 0 spiro atoms. The smallest absolute Gasteiger partial charge is 0.245 e. The molecule has 2 aromatic rings. The molecule has 1 saturated heterocycles. The van der Waals surface area contributed by atoms with Crippen LogP contribution < -0.4 is 5.32 Å². The summed E-state index contributed by atoms with van der Waals surface area (Å²) < 4.78 is 27.0. The van der Waals surface area contributed by atoms with Crippen LogP contribution >= 0.6 is 12.4 Å². The predicted octanol–water partition coefficient (Wildman–Crippen LogP) is 0.967. The number of pyridine rings is 1. The Hall–Kier alpha value is -1.15. The van der Waals surface area contributed by atoms with Crippen molar-refractivity contribution in [2.45, 2.75) is 17.9 Å². The molecule has 0 bridgehead atoms. The van der Waals surface area contributed by atoms with Crippen LogP contribution in [0.25, 0.3) is 11.0 Å². The van der Waals surface area contributed by atoms with E-state index in [9.17, 15) is 8.42 Å². The molecule has 2 aromatic heterocycles. The lowest BCUT2D eigenvalue weighted by Gasteiger charge is -2.32. The molecule has 8 heteroatoms. The van der Waals surface area contributed by atoms with E-state index in [4.69, 9.17) is 0 Å². The van der Waals surface area contributed by atoms with Gasteiger partial charge in [0.25, 0.3) is 0 Å². The number of hydrogen-bond donors (Lipinski definition) is 2. The molecule has 3 heterocycles. The molecule has 6 nitrogen and oxygen atoms in total. The van der Waals surface area contributed by atoms with Gasteiger partial charge in [0.1, 0.15) is 10.5 Å². The van der Waals surface area contributed by atoms with Crippen molar-refractivity contribution < 1.29 is 8.42 Å². The zero-order chi connectivity index (χ0) is 13.5. The fourth-order valence-electron chi connectivity index (χ4n) is 2.45. The number of nitrogens with zero attached hydrogens (tertiary/aromatic N) is 2. The lowest BCUT2D eigenvalue weighted by atomic mass is 10.3. The third kappa shape index (κ3) is 2.42. The topological polar surface area (TPSA) is 78.1 Å². The molecule has 2 N–H and O–H groups in total. The Morgan fingerprint density at radius 1 is 1.45 bits per heavy atom. The zero-order valence-corrected chi connectivity index (χ0v) is 12.7. The Labute approximate surface area is 124 Å². The third-order valence-electron chi connectivity index (χ3n) is 3.44. The highest BCUT2D eigenvalue weighted by Crippen LogP contribution is 2.25. The monoisotopic (exact) mass is 316 g/mol. The highest BCUT2D eigenvalue weighted by Gasteiger charge is 2.32. The quantitative estimate of drug-likeness (QED) is 0.865. The van der Waals surface area contributed by atoms with Gasteiger partial charge in [-0.2, -0.15) is 4.31 Å². The van der Waals surface area contributed by atoms with Crippen LogP contribution in [0, 0.1) is 0 Å². The Balaban J connectivity index is 0.00000147. The second-order valence-electron chi connectivity index (χ2n) is 4.72. The highest BCUT2D eigenvalue weighted by molar-refractivity contribution is 7.89. The normalized spacial score (nSPS) is 20.8. The van der Waals surface area contributed by atoms with Crippen molar-refractivity contribution in [3.63, 3.8) is 0 Å². The summed E-state index contributed by atoms with van der Waals surface area (Å²) in [6, 6.07) is 3.48. The van der Waals surface area contributed by atoms with Crippen molar-refractivity contribution in [3.05, 3.63) is 24.5 Å². The van der Waals surface area contributed by atoms with Crippen LogP contribution in [-0.2, 0) is 10.0 Å². The van der Waals surface area contributed by atoms with E-state index in [0.717, 1.165) is 0 Å². The minimum Gasteiger partial charge on any atom is -0.345 e. The number of fused-ring (bicyclic) bond motifs is 1. The van der Waals surface area contributed by atoms with Gasteiger partial charge < -0.3 is 10.3 Å². The molecule has 0 aromatic carbocycles. The maximum atomic E-state index is 12.7. The molecule has 110 valence electrons. The van der Waals surface area contributed by atoms with Gasteiger partial charge in [-0.25, -0.2) is 13.4 Å². The molecule has 0 saturated carbocycles. The lowest BCUT2D eigenvalue weighted by Crippen LogP contribution is -2.52. The van der Waals surface area contributed by atoms with E-state index in [1.54, 1.807) is 22.6 Å². The first-order valence-electron chi connectivity index (χ1n) is 6.25.